The molecule has 0 aliphatic carbocycles. The van der Waals surface area contributed by atoms with Crippen LogP contribution in [0.1, 0.15) is 48.8 Å². The minimum atomic E-state index is -5.03. The van der Waals surface area contributed by atoms with Crippen molar-refractivity contribution in [3.05, 3.63) is 102 Å². The van der Waals surface area contributed by atoms with Crippen molar-refractivity contribution in [3.8, 4) is 5.75 Å². The Hall–Kier alpha value is -5.17. The van der Waals surface area contributed by atoms with Crippen LogP contribution in [0.2, 0.25) is 0 Å². The summed E-state index contributed by atoms with van der Waals surface area (Å²) in [4.78, 5) is 48.1. The lowest BCUT2D eigenvalue weighted by atomic mass is 10.1. The molecule has 3 rings (SSSR count). The number of unbranched alkanes of at least 4 members (excludes halogenated alkanes) is 1. The van der Waals surface area contributed by atoms with Crippen molar-refractivity contribution in [2.75, 3.05) is 18.4 Å². The minimum absolute atomic E-state index is 0.0397. The van der Waals surface area contributed by atoms with Crippen LogP contribution in [-0.4, -0.2) is 64.2 Å². The van der Waals surface area contributed by atoms with Gasteiger partial charge in [-0.25, -0.2) is 0 Å². The highest BCUT2D eigenvalue weighted by atomic mass is 19.4. The average molecular weight is 670 g/mol. The molecule has 48 heavy (non-hydrogen) atoms. The van der Waals surface area contributed by atoms with Crippen LogP contribution in [0.4, 0.5) is 18.9 Å². The fourth-order valence-corrected chi connectivity index (χ4v) is 4.72. The predicted octanol–water partition coefficient (Wildman–Crippen LogP) is 5.89. The lowest BCUT2D eigenvalue weighted by molar-refractivity contribution is -0.167. The van der Waals surface area contributed by atoms with Crippen LogP contribution < -0.4 is 15.4 Å². The summed E-state index contributed by atoms with van der Waals surface area (Å²) in [5.74, 6) is -4.00. The summed E-state index contributed by atoms with van der Waals surface area (Å²) in [6, 6.07) is 21.8. The first-order chi connectivity index (χ1) is 22.9. The number of aliphatic carboxylic acids is 2. The Balaban J connectivity index is 1.72. The highest BCUT2D eigenvalue weighted by molar-refractivity contribution is 5.95. The van der Waals surface area contributed by atoms with Gasteiger partial charge in [-0.1, -0.05) is 66.7 Å². The number of carbonyl (C=O) groups is 4. The maximum absolute atomic E-state index is 12.7. The van der Waals surface area contributed by atoms with Gasteiger partial charge in [-0.3, -0.25) is 24.1 Å². The summed E-state index contributed by atoms with van der Waals surface area (Å²) in [5.41, 5.74) is 2.24. The second-order valence-electron chi connectivity index (χ2n) is 10.9. The quantitative estimate of drug-likeness (QED) is 0.116. The monoisotopic (exact) mass is 669 g/mol. The van der Waals surface area contributed by atoms with Crippen LogP contribution >= 0.6 is 0 Å². The summed E-state index contributed by atoms with van der Waals surface area (Å²) in [6.07, 6.45) is -0.950. The van der Waals surface area contributed by atoms with Gasteiger partial charge in [0.15, 0.2) is 0 Å². The van der Waals surface area contributed by atoms with Gasteiger partial charge in [-0.15, -0.1) is 0 Å². The molecule has 0 heterocycles. The smallest absolute Gasteiger partial charge is 0.471 e. The third kappa shape index (κ3) is 13.7. The number of halogens is 3. The molecule has 4 N–H and O–H groups in total. The summed E-state index contributed by atoms with van der Waals surface area (Å²) in [5, 5.41) is 23.4. The van der Waals surface area contributed by atoms with Crippen LogP contribution in [-0.2, 0) is 32.3 Å². The van der Waals surface area contributed by atoms with Crippen molar-refractivity contribution in [1.29, 1.82) is 0 Å². The van der Waals surface area contributed by atoms with Gasteiger partial charge in [0.25, 0.3) is 0 Å². The number of anilines is 1. The molecule has 0 bridgehead atoms. The second kappa shape index (κ2) is 18.8. The Morgan fingerprint density at radius 3 is 2.31 bits per heavy atom. The van der Waals surface area contributed by atoms with Crippen LogP contribution in [0, 0.1) is 0 Å². The number of hydrogen-bond acceptors (Lipinski definition) is 6. The molecule has 1 atom stereocenters. The molecule has 0 saturated carbocycles. The number of hydrogen-bond donors (Lipinski definition) is 4. The number of rotatable bonds is 19. The van der Waals surface area contributed by atoms with Gasteiger partial charge in [0, 0.05) is 31.7 Å². The van der Waals surface area contributed by atoms with E-state index in [0.717, 1.165) is 11.1 Å². The SMILES string of the molecule is O=C(O)CCC(=O)NCCCC[C@@H](C(=O)O)N(C/C=C/c1cccc(NC(=O)C(F)(F)F)c1)Cc1cccc(OCc2ccccc2)c1. The third-order valence-electron chi connectivity index (χ3n) is 7.10. The topological polar surface area (TPSA) is 145 Å². The van der Waals surface area contributed by atoms with Crippen molar-refractivity contribution in [3.63, 3.8) is 0 Å². The molecular weight excluding hydrogens is 631 g/mol. The number of nitrogens with zero attached hydrogens (tertiary/aromatic N) is 1. The second-order valence-corrected chi connectivity index (χ2v) is 10.9. The third-order valence-corrected chi connectivity index (χ3v) is 7.10. The Bertz CT molecular complexity index is 1550. The van der Waals surface area contributed by atoms with Crippen LogP contribution in [0.3, 0.4) is 0 Å². The van der Waals surface area contributed by atoms with Gasteiger partial charge >= 0.3 is 24.0 Å². The van der Waals surface area contributed by atoms with Gasteiger partial charge in [-0.05, 0) is 60.2 Å². The molecule has 0 spiro atoms. The van der Waals surface area contributed by atoms with Crippen molar-refractivity contribution in [2.45, 2.75) is 57.5 Å². The number of carboxylic acids is 2. The average Bonchev–Trinajstić information content (AvgIpc) is 3.04. The normalized spacial score (nSPS) is 12.1. The zero-order valence-electron chi connectivity index (χ0n) is 26.1. The fourth-order valence-electron chi connectivity index (χ4n) is 4.72. The molecule has 3 aromatic carbocycles. The lowest BCUT2D eigenvalue weighted by Crippen LogP contribution is -2.41. The van der Waals surface area contributed by atoms with E-state index in [0.29, 0.717) is 30.8 Å². The zero-order valence-corrected chi connectivity index (χ0v) is 26.1. The summed E-state index contributed by atoms with van der Waals surface area (Å²) < 4.78 is 44.0. The molecule has 0 aliphatic heterocycles. The number of benzene rings is 3. The van der Waals surface area contributed by atoms with Crippen molar-refractivity contribution in [2.24, 2.45) is 0 Å². The maximum atomic E-state index is 12.7. The van der Waals surface area contributed by atoms with Crippen molar-refractivity contribution >= 4 is 35.5 Å². The minimum Gasteiger partial charge on any atom is -0.489 e. The van der Waals surface area contributed by atoms with E-state index in [9.17, 15) is 37.5 Å². The first-order valence-corrected chi connectivity index (χ1v) is 15.3. The van der Waals surface area contributed by atoms with Crippen LogP contribution in [0.15, 0.2) is 84.9 Å². The van der Waals surface area contributed by atoms with Gasteiger partial charge in [-0.2, -0.15) is 13.2 Å². The Morgan fingerprint density at radius 1 is 0.875 bits per heavy atom. The maximum Gasteiger partial charge on any atom is 0.471 e. The number of amides is 2. The number of alkyl halides is 3. The van der Waals surface area contributed by atoms with E-state index in [1.54, 1.807) is 29.2 Å². The van der Waals surface area contributed by atoms with E-state index in [-0.39, 0.29) is 44.6 Å². The van der Waals surface area contributed by atoms with Gasteiger partial charge in [0.05, 0.1) is 6.42 Å². The molecule has 3 aromatic rings. The first-order valence-electron chi connectivity index (χ1n) is 15.3. The van der Waals surface area contributed by atoms with E-state index >= 15 is 0 Å². The molecule has 0 unspecified atom stereocenters. The summed E-state index contributed by atoms with van der Waals surface area (Å²) in [7, 11) is 0. The molecule has 0 aliphatic rings. The van der Waals surface area contributed by atoms with E-state index < -0.39 is 36.0 Å². The number of carbonyl (C=O) groups excluding carboxylic acids is 2. The number of ether oxygens (including phenoxy) is 1. The van der Waals surface area contributed by atoms with Crippen molar-refractivity contribution < 1.29 is 47.3 Å². The van der Waals surface area contributed by atoms with Gasteiger partial charge in [0.2, 0.25) is 5.91 Å². The largest absolute Gasteiger partial charge is 0.489 e. The number of carboxylic acid groups (broad SMARTS) is 2. The van der Waals surface area contributed by atoms with E-state index in [1.165, 1.54) is 18.2 Å². The Kier molecular flexibility index (Phi) is 14.6. The molecule has 0 radical (unpaired) electrons. The van der Waals surface area contributed by atoms with E-state index in [1.807, 2.05) is 53.8 Å². The van der Waals surface area contributed by atoms with Crippen LogP contribution in [0.5, 0.6) is 5.75 Å². The molecule has 0 saturated heterocycles. The van der Waals surface area contributed by atoms with E-state index in [2.05, 4.69) is 5.32 Å². The zero-order chi connectivity index (χ0) is 34.9. The fraction of sp³-hybridized carbons (Fsp3) is 0.314. The number of nitrogens with one attached hydrogen (secondary N) is 2. The molecular formula is C35H38F3N3O7. The standard InChI is InChI=1S/C35H38F3N3O7/c36-35(37,38)34(47)40-28-14-6-11-25(21-28)13-8-20-41(30(33(45)46)16-4-5-19-39-31(42)17-18-32(43)44)23-27-12-7-15-29(22-27)48-24-26-9-2-1-3-10-26/h1-3,6-15,21-22,30H,4-5,16-20,23-24H2,(H,39,42)(H,40,47)(H,43,44)(H,45,46)/b13-8+/t30-/m0/s1. The highest BCUT2D eigenvalue weighted by Crippen LogP contribution is 2.21. The molecule has 0 fully saturated rings. The lowest BCUT2D eigenvalue weighted by Gasteiger charge is -2.28. The summed E-state index contributed by atoms with van der Waals surface area (Å²) >= 11 is 0. The molecule has 10 nitrogen and oxygen atoms in total. The summed E-state index contributed by atoms with van der Waals surface area (Å²) in [6.45, 7) is 1.02. The molecule has 2 amide bonds. The Labute approximate surface area is 276 Å². The van der Waals surface area contributed by atoms with Gasteiger partial charge in [0.1, 0.15) is 18.4 Å². The van der Waals surface area contributed by atoms with Gasteiger partial charge < -0.3 is 25.6 Å². The first kappa shape index (κ1) is 37.3. The predicted molar refractivity (Wildman–Crippen MR) is 173 cm³/mol. The molecule has 256 valence electrons. The highest BCUT2D eigenvalue weighted by Gasteiger charge is 2.38. The molecule has 13 heteroatoms. The van der Waals surface area contributed by atoms with Crippen molar-refractivity contribution in [1.82, 2.24) is 10.2 Å². The Morgan fingerprint density at radius 2 is 1.60 bits per heavy atom. The van der Waals surface area contributed by atoms with Crippen LogP contribution in [0.25, 0.3) is 6.08 Å². The molecule has 0 aromatic heterocycles. The van der Waals surface area contributed by atoms with E-state index in [4.69, 9.17) is 9.84 Å².